The predicted molar refractivity (Wildman–Crippen MR) is 105 cm³/mol. The average Bonchev–Trinajstić information content (AvgIpc) is 3.04. The van der Waals surface area contributed by atoms with Gasteiger partial charge in [-0.3, -0.25) is 0 Å². The Hall–Kier alpha value is -2.55. The lowest BCUT2D eigenvalue weighted by Gasteiger charge is -2.06. The quantitative estimate of drug-likeness (QED) is 0.545. The molecular weight excluding hydrogens is 445 g/mol. The summed E-state index contributed by atoms with van der Waals surface area (Å²) >= 11 is 2.11. The summed E-state index contributed by atoms with van der Waals surface area (Å²) in [5.41, 5.74) is 2.86. The number of aromatic nitrogens is 2. The Kier molecular flexibility index (Phi) is 6.48. The van der Waals surface area contributed by atoms with Crippen molar-refractivity contribution < 1.29 is 14.4 Å². The summed E-state index contributed by atoms with van der Waals surface area (Å²) in [5, 5.41) is 7.01. The molecule has 0 saturated carbocycles. The molecule has 0 aliphatic carbocycles. The number of hydrogen-bond donors (Lipinski definition) is 1. The molecule has 0 unspecified atom stereocenters. The van der Waals surface area contributed by atoms with E-state index in [-0.39, 0.29) is 6.61 Å². The first-order valence-electron chi connectivity index (χ1n) is 8.06. The molecule has 0 spiro atoms. The molecule has 7 heteroatoms. The first kappa shape index (κ1) is 18.2. The number of halogens is 1. The molecule has 1 aromatic heterocycles. The highest BCUT2D eigenvalue weighted by molar-refractivity contribution is 14.1. The van der Waals surface area contributed by atoms with Crippen LogP contribution < -0.4 is 10.2 Å². The molecule has 1 amide bonds. The van der Waals surface area contributed by atoms with Gasteiger partial charge in [-0.2, -0.15) is 0 Å². The topological polar surface area (TPSA) is 65.4 Å². The Labute approximate surface area is 165 Å². The van der Waals surface area contributed by atoms with E-state index in [1.54, 1.807) is 6.20 Å². The molecule has 0 atom stereocenters. The van der Waals surface area contributed by atoms with E-state index in [0.717, 1.165) is 20.4 Å². The van der Waals surface area contributed by atoms with Crippen molar-refractivity contribution in [2.75, 3.05) is 0 Å². The fraction of sp³-hybridized carbons (Fsp3) is 0.158. The van der Waals surface area contributed by atoms with Crippen LogP contribution in [-0.4, -0.2) is 16.0 Å². The van der Waals surface area contributed by atoms with Gasteiger partial charge in [-0.1, -0.05) is 60.7 Å². The van der Waals surface area contributed by atoms with Gasteiger partial charge in [-0.25, -0.2) is 4.79 Å². The van der Waals surface area contributed by atoms with Crippen molar-refractivity contribution in [3.8, 4) is 0 Å². The number of ether oxygens (including phenoxy) is 1. The van der Waals surface area contributed by atoms with E-state index in [0.29, 0.717) is 13.2 Å². The van der Waals surface area contributed by atoms with E-state index in [1.165, 1.54) is 4.85 Å². The molecule has 6 nitrogen and oxygen atoms in total. The molecule has 26 heavy (non-hydrogen) atoms. The number of rotatable bonds is 7. The van der Waals surface area contributed by atoms with Crippen molar-refractivity contribution in [3.05, 3.63) is 87.3 Å². The molecule has 3 aromatic rings. The summed E-state index contributed by atoms with van der Waals surface area (Å²) in [5.74, 6) is 0. The number of alkyl carbamates (subject to hydrolysis) is 1. The maximum atomic E-state index is 11.8. The normalized spacial score (nSPS) is 10.3. The third-order valence-electron chi connectivity index (χ3n) is 3.56. The average molecular weight is 463 g/mol. The van der Waals surface area contributed by atoms with Crippen molar-refractivity contribution in [3.63, 3.8) is 0 Å². The van der Waals surface area contributed by atoms with Crippen molar-refractivity contribution in [2.45, 2.75) is 19.8 Å². The van der Waals surface area contributed by atoms with Crippen molar-refractivity contribution >= 4 is 28.7 Å². The van der Waals surface area contributed by atoms with Crippen molar-refractivity contribution in [1.29, 1.82) is 0 Å². The van der Waals surface area contributed by atoms with Gasteiger partial charge in [0.1, 0.15) is 16.9 Å². The molecule has 0 bridgehead atoms. The van der Waals surface area contributed by atoms with E-state index in [2.05, 4.69) is 33.0 Å². The van der Waals surface area contributed by atoms with Gasteiger partial charge in [-0.15, -0.1) is 9.94 Å². The summed E-state index contributed by atoms with van der Waals surface area (Å²) in [4.78, 5) is 18.9. The van der Waals surface area contributed by atoms with Gasteiger partial charge >= 0.3 is 6.09 Å². The minimum absolute atomic E-state index is 0.239. The zero-order chi connectivity index (χ0) is 18.2. The van der Waals surface area contributed by atoms with E-state index in [9.17, 15) is 4.79 Å². The smallest absolute Gasteiger partial charge is 0.407 e. The standard InChI is InChI=1S/C19H18IN3O3/c20-18-17(11-21-19(24)25-13-15-7-3-1-4-8-15)12-23(22-18)26-14-16-9-5-2-6-10-16/h1-10,12H,11,13-14H2,(H,21,24). The monoisotopic (exact) mass is 463 g/mol. The Balaban J connectivity index is 1.46. The van der Waals surface area contributed by atoms with Crippen LogP contribution in [0, 0.1) is 3.70 Å². The Morgan fingerprint density at radius 3 is 2.27 bits per heavy atom. The van der Waals surface area contributed by atoms with Gasteiger partial charge in [0.05, 0.1) is 12.7 Å². The zero-order valence-corrected chi connectivity index (χ0v) is 16.1. The number of benzene rings is 2. The van der Waals surface area contributed by atoms with Gasteiger partial charge in [-0.05, 0) is 33.7 Å². The SMILES string of the molecule is O=C(NCc1cn(OCc2ccccc2)nc1I)OCc1ccccc1. The maximum Gasteiger partial charge on any atom is 0.407 e. The zero-order valence-electron chi connectivity index (χ0n) is 14.0. The van der Waals surface area contributed by atoms with Crippen LogP contribution in [0.2, 0.25) is 0 Å². The second-order valence-corrected chi connectivity index (χ2v) is 6.54. The summed E-state index contributed by atoms with van der Waals surface area (Å²) in [6.45, 7) is 0.981. The molecule has 1 heterocycles. The van der Waals surface area contributed by atoms with Gasteiger partial charge in [0.15, 0.2) is 0 Å². The molecule has 2 aromatic carbocycles. The predicted octanol–water partition coefficient (Wildman–Crippen LogP) is 3.54. The van der Waals surface area contributed by atoms with E-state index in [4.69, 9.17) is 9.57 Å². The van der Waals surface area contributed by atoms with Crippen LogP contribution in [0.15, 0.2) is 66.9 Å². The number of nitrogens with zero attached hydrogens (tertiary/aromatic N) is 2. The van der Waals surface area contributed by atoms with Crippen LogP contribution in [0.5, 0.6) is 0 Å². The number of carbonyl (C=O) groups is 1. The number of carbonyl (C=O) groups excluding carboxylic acids is 1. The molecule has 134 valence electrons. The van der Waals surface area contributed by atoms with E-state index < -0.39 is 6.09 Å². The second-order valence-electron chi connectivity index (χ2n) is 5.52. The van der Waals surface area contributed by atoms with Crippen molar-refractivity contribution in [1.82, 2.24) is 15.3 Å². The van der Waals surface area contributed by atoms with Crippen LogP contribution in [0.1, 0.15) is 16.7 Å². The Morgan fingerprint density at radius 2 is 1.62 bits per heavy atom. The summed E-state index contributed by atoms with van der Waals surface area (Å²) < 4.78 is 5.95. The first-order chi connectivity index (χ1) is 12.7. The lowest BCUT2D eigenvalue weighted by Crippen LogP contribution is -2.23. The van der Waals surface area contributed by atoms with Crippen LogP contribution in [0.3, 0.4) is 0 Å². The number of nitrogens with one attached hydrogen (secondary N) is 1. The molecule has 0 aliphatic rings. The van der Waals surface area contributed by atoms with E-state index in [1.807, 2.05) is 60.7 Å². The van der Waals surface area contributed by atoms with Crippen LogP contribution >= 0.6 is 22.6 Å². The van der Waals surface area contributed by atoms with Crippen molar-refractivity contribution in [2.24, 2.45) is 0 Å². The van der Waals surface area contributed by atoms with Crippen LogP contribution in [0.25, 0.3) is 0 Å². The fourth-order valence-electron chi connectivity index (χ4n) is 2.21. The Bertz CT molecular complexity index is 838. The highest BCUT2D eigenvalue weighted by Crippen LogP contribution is 2.10. The summed E-state index contributed by atoms with van der Waals surface area (Å²) in [6.07, 6.45) is 1.28. The highest BCUT2D eigenvalue weighted by Gasteiger charge is 2.10. The molecule has 0 saturated heterocycles. The minimum atomic E-state index is -0.470. The molecule has 3 rings (SSSR count). The number of hydrogen-bond acceptors (Lipinski definition) is 4. The third kappa shape index (κ3) is 5.48. The lowest BCUT2D eigenvalue weighted by molar-refractivity contribution is 0.0692. The summed E-state index contributed by atoms with van der Waals surface area (Å²) in [7, 11) is 0. The van der Waals surface area contributed by atoms with Gasteiger partial charge in [0.25, 0.3) is 0 Å². The Morgan fingerprint density at radius 1 is 1.00 bits per heavy atom. The van der Waals surface area contributed by atoms with Gasteiger partial charge in [0.2, 0.25) is 0 Å². The van der Waals surface area contributed by atoms with Gasteiger partial charge in [0, 0.05) is 5.56 Å². The van der Waals surface area contributed by atoms with E-state index >= 15 is 0 Å². The van der Waals surface area contributed by atoms with Gasteiger partial charge < -0.3 is 14.9 Å². The maximum absolute atomic E-state index is 11.8. The minimum Gasteiger partial charge on any atom is -0.445 e. The fourth-order valence-corrected chi connectivity index (χ4v) is 2.75. The first-order valence-corrected chi connectivity index (χ1v) is 9.14. The lowest BCUT2D eigenvalue weighted by atomic mass is 10.2. The highest BCUT2D eigenvalue weighted by atomic mass is 127. The number of amides is 1. The second kappa shape index (κ2) is 9.23. The third-order valence-corrected chi connectivity index (χ3v) is 4.47. The molecule has 0 aliphatic heterocycles. The molecular formula is C19H18IN3O3. The van der Waals surface area contributed by atoms with Crippen LogP contribution in [0.4, 0.5) is 4.79 Å². The molecule has 0 fully saturated rings. The summed E-state index contributed by atoms with van der Waals surface area (Å²) in [6, 6.07) is 19.4. The molecule has 0 radical (unpaired) electrons. The largest absolute Gasteiger partial charge is 0.445 e. The molecule has 1 N–H and O–H groups in total. The van der Waals surface area contributed by atoms with Crippen LogP contribution in [-0.2, 0) is 24.5 Å².